The van der Waals surface area contributed by atoms with Crippen LogP contribution in [0, 0.1) is 11.8 Å². The van der Waals surface area contributed by atoms with Crippen LogP contribution in [0.2, 0.25) is 0 Å². The van der Waals surface area contributed by atoms with Crippen molar-refractivity contribution in [1.82, 2.24) is 29.4 Å². The van der Waals surface area contributed by atoms with E-state index in [-0.39, 0.29) is 47.0 Å². The van der Waals surface area contributed by atoms with Crippen molar-refractivity contribution in [2.75, 3.05) is 6.54 Å². The van der Waals surface area contributed by atoms with Crippen molar-refractivity contribution < 1.29 is 9.59 Å². The molecule has 0 aliphatic rings. The van der Waals surface area contributed by atoms with Gasteiger partial charge in [0.1, 0.15) is 6.54 Å². The summed E-state index contributed by atoms with van der Waals surface area (Å²) in [4.78, 5) is 52.2. The molecule has 2 amide bonds. The third-order valence-electron chi connectivity index (χ3n) is 5.88. The average Bonchev–Trinajstić information content (AvgIpc) is 3.19. The number of hydrogen-bond donors (Lipinski definition) is 2. The number of fused-ring (bicyclic) bond motifs is 3. The van der Waals surface area contributed by atoms with Gasteiger partial charge in [-0.15, -0.1) is 5.10 Å². The van der Waals surface area contributed by atoms with Crippen molar-refractivity contribution in [3.05, 3.63) is 80.5 Å². The van der Waals surface area contributed by atoms with Gasteiger partial charge in [-0.3, -0.25) is 19.0 Å². The fraction of sp³-hybridized carbons (Fsp3) is 0.370. The molecule has 0 unspecified atom stereocenters. The Bertz CT molecular complexity index is 1560. The molecule has 0 aliphatic carbocycles. The lowest BCUT2D eigenvalue weighted by Gasteiger charge is -2.13. The van der Waals surface area contributed by atoms with E-state index < -0.39 is 5.69 Å². The minimum Gasteiger partial charge on any atom is -0.352 e. The SMILES string of the molecule is CC(C)CNC(=O)c1ccc2c(=O)n(CC(C)C)c3nn(CC(=O)NCc4ccccc4)c(=O)n3c2c1. The first-order valence-corrected chi connectivity index (χ1v) is 12.4. The van der Waals surface area contributed by atoms with Gasteiger partial charge in [-0.1, -0.05) is 58.0 Å². The van der Waals surface area contributed by atoms with Crippen LogP contribution in [0.1, 0.15) is 43.6 Å². The summed E-state index contributed by atoms with van der Waals surface area (Å²) in [6.07, 6.45) is 0. The number of benzene rings is 2. The molecule has 2 N–H and O–H groups in total. The van der Waals surface area contributed by atoms with E-state index in [9.17, 15) is 19.2 Å². The minimum atomic E-state index is -0.563. The number of aromatic nitrogens is 4. The van der Waals surface area contributed by atoms with Crippen LogP contribution in [0.3, 0.4) is 0 Å². The number of nitrogens with zero attached hydrogens (tertiary/aromatic N) is 4. The molecule has 10 heteroatoms. The first-order valence-electron chi connectivity index (χ1n) is 12.4. The summed E-state index contributed by atoms with van der Waals surface area (Å²) in [5, 5.41) is 10.3. The molecule has 4 rings (SSSR count). The third kappa shape index (κ3) is 5.63. The zero-order valence-corrected chi connectivity index (χ0v) is 21.5. The van der Waals surface area contributed by atoms with Crippen molar-refractivity contribution in [1.29, 1.82) is 0 Å². The molecule has 0 saturated heterocycles. The van der Waals surface area contributed by atoms with Crippen LogP contribution < -0.4 is 21.9 Å². The molecule has 0 fully saturated rings. The second-order valence-corrected chi connectivity index (χ2v) is 9.98. The van der Waals surface area contributed by atoms with E-state index in [0.717, 1.165) is 10.2 Å². The molecule has 194 valence electrons. The molecule has 37 heavy (non-hydrogen) atoms. The summed E-state index contributed by atoms with van der Waals surface area (Å²) in [6, 6.07) is 14.1. The number of amides is 2. The topological polar surface area (TPSA) is 120 Å². The van der Waals surface area contributed by atoms with Crippen molar-refractivity contribution in [3.63, 3.8) is 0 Å². The quantitative estimate of drug-likeness (QED) is 0.362. The van der Waals surface area contributed by atoms with Crippen LogP contribution in [0.5, 0.6) is 0 Å². The van der Waals surface area contributed by atoms with Gasteiger partial charge < -0.3 is 10.6 Å². The molecule has 2 heterocycles. The molecule has 2 aromatic heterocycles. The van der Waals surface area contributed by atoms with E-state index in [1.807, 2.05) is 58.0 Å². The standard InChI is InChI=1S/C27H32N6O4/c1-17(2)13-29-24(35)20-10-11-21-22(12-20)33-26(31(25(21)36)15-18(3)4)30-32(27(33)37)16-23(34)28-14-19-8-6-5-7-9-19/h5-12,17-18H,13-16H2,1-4H3,(H,28,34)(H,29,35). The summed E-state index contributed by atoms with van der Waals surface area (Å²) in [5.41, 5.74) is 0.662. The zero-order valence-electron chi connectivity index (χ0n) is 21.5. The second kappa shape index (κ2) is 10.8. The molecular formula is C27H32N6O4. The van der Waals surface area contributed by atoms with E-state index in [1.165, 1.54) is 15.0 Å². The van der Waals surface area contributed by atoms with Crippen LogP contribution in [0.15, 0.2) is 58.1 Å². The maximum Gasteiger partial charge on any atom is 0.352 e. The highest BCUT2D eigenvalue weighted by Crippen LogP contribution is 2.15. The molecule has 0 saturated carbocycles. The first-order chi connectivity index (χ1) is 17.7. The van der Waals surface area contributed by atoms with Gasteiger partial charge in [0, 0.05) is 25.2 Å². The van der Waals surface area contributed by atoms with Gasteiger partial charge in [0.15, 0.2) is 0 Å². The number of hydrogen-bond acceptors (Lipinski definition) is 5. The van der Waals surface area contributed by atoms with Crippen molar-refractivity contribution >= 4 is 28.5 Å². The van der Waals surface area contributed by atoms with Gasteiger partial charge in [0.25, 0.3) is 11.5 Å². The van der Waals surface area contributed by atoms with Crippen LogP contribution in [0.25, 0.3) is 16.7 Å². The lowest BCUT2D eigenvalue weighted by Crippen LogP contribution is -2.32. The molecule has 10 nitrogen and oxygen atoms in total. The van der Waals surface area contributed by atoms with E-state index >= 15 is 0 Å². The average molecular weight is 505 g/mol. The number of carbonyl (C=O) groups excluding carboxylic acids is 2. The Kier molecular flexibility index (Phi) is 7.56. The number of rotatable bonds is 9. The fourth-order valence-corrected chi connectivity index (χ4v) is 4.08. The largest absolute Gasteiger partial charge is 0.352 e. The molecule has 0 spiro atoms. The fourth-order valence-electron chi connectivity index (χ4n) is 4.08. The molecular weight excluding hydrogens is 472 g/mol. The monoisotopic (exact) mass is 504 g/mol. The van der Waals surface area contributed by atoms with E-state index in [4.69, 9.17) is 0 Å². The highest BCUT2D eigenvalue weighted by Gasteiger charge is 2.20. The van der Waals surface area contributed by atoms with E-state index in [1.54, 1.807) is 12.1 Å². The van der Waals surface area contributed by atoms with Gasteiger partial charge >= 0.3 is 5.69 Å². The normalized spacial score (nSPS) is 11.5. The van der Waals surface area contributed by atoms with Crippen LogP contribution in [0.4, 0.5) is 0 Å². The highest BCUT2D eigenvalue weighted by atomic mass is 16.2. The highest BCUT2D eigenvalue weighted by molar-refractivity contribution is 5.98. The summed E-state index contributed by atoms with van der Waals surface area (Å²) >= 11 is 0. The molecule has 0 aliphatic heterocycles. The lowest BCUT2D eigenvalue weighted by molar-refractivity contribution is -0.122. The van der Waals surface area contributed by atoms with Gasteiger partial charge in [0.2, 0.25) is 11.7 Å². The molecule has 0 atom stereocenters. The van der Waals surface area contributed by atoms with Gasteiger partial charge in [-0.2, -0.15) is 0 Å². The third-order valence-corrected chi connectivity index (χ3v) is 5.88. The van der Waals surface area contributed by atoms with Gasteiger partial charge in [0.05, 0.1) is 10.9 Å². The van der Waals surface area contributed by atoms with E-state index in [2.05, 4.69) is 15.7 Å². The number of nitrogens with one attached hydrogen (secondary N) is 2. The Hall–Kier alpha value is -4.21. The summed E-state index contributed by atoms with van der Waals surface area (Å²) < 4.78 is 3.81. The Morgan fingerprint density at radius 2 is 1.68 bits per heavy atom. The molecule has 4 aromatic rings. The van der Waals surface area contributed by atoms with Crippen LogP contribution >= 0.6 is 0 Å². The summed E-state index contributed by atoms with van der Waals surface area (Å²) in [5.74, 6) is -0.171. The van der Waals surface area contributed by atoms with Crippen molar-refractivity contribution in [2.45, 2.75) is 47.3 Å². The maximum absolute atomic E-state index is 13.5. The Balaban J connectivity index is 1.77. The van der Waals surface area contributed by atoms with Gasteiger partial charge in [-0.05, 0) is 35.6 Å². The predicted molar refractivity (Wildman–Crippen MR) is 142 cm³/mol. The van der Waals surface area contributed by atoms with Crippen molar-refractivity contribution in [2.24, 2.45) is 11.8 Å². The summed E-state index contributed by atoms with van der Waals surface area (Å²) in [6.45, 7) is 8.75. The summed E-state index contributed by atoms with van der Waals surface area (Å²) in [7, 11) is 0. The molecule has 0 bridgehead atoms. The zero-order chi connectivity index (χ0) is 26.7. The van der Waals surface area contributed by atoms with Gasteiger partial charge in [-0.25, -0.2) is 13.9 Å². The van der Waals surface area contributed by atoms with Crippen molar-refractivity contribution in [3.8, 4) is 0 Å². The second-order valence-electron chi connectivity index (χ2n) is 9.98. The Morgan fingerprint density at radius 3 is 2.35 bits per heavy atom. The maximum atomic E-state index is 13.5. The van der Waals surface area contributed by atoms with E-state index in [0.29, 0.717) is 30.6 Å². The molecule has 0 radical (unpaired) electrons. The minimum absolute atomic E-state index is 0.106. The lowest BCUT2D eigenvalue weighted by atomic mass is 10.1. The Labute approximate surface area is 213 Å². The van der Waals surface area contributed by atoms with Crippen LogP contribution in [-0.2, 0) is 24.4 Å². The predicted octanol–water partition coefficient (Wildman–Crippen LogP) is 2.17. The smallest absolute Gasteiger partial charge is 0.352 e. The first kappa shape index (κ1) is 25.9. The Morgan fingerprint density at radius 1 is 0.946 bits per heavy atom. The number of carbonyl (C=O) groups is 2. The molecule has 2 aromatic carbocycles. The van der Waals surface area contributed by atoms with Crippen LogP contribution in [-0.4, -0.2) is 37.1 Å².